The van der Waals surface area contributed by atoms with Gasteiger partial charge in [0.1, 0.15) is 0 Å². The maximum Gasteiger partial charge on any atom is 0.156 e. The van der Waals surface area contributed by atoms with Gasteiger partial charge in [0.15, 0.2) is 6.29 Å². The normalized spacial score (nSPS) is 45.0. The van der Waals surface area contributed by atoms with Crippen LogP contribution in [0.1, 0.15) is 6.42 Å². The molecule has 0 saturated carbocycles. The van der Waals surface area contributed by atoms with Crippen molar-refractivity contribution in [3.63, 3.8) is 0 Å². The van der Waals surface area contributed by atoms with Gasteiger partial charge in [0.25, 0.3) is 0 Å². The van der Waals surface area contributed by atoms with Crippen LogP contribution in [0.25, 0.3) is 0 Å². The van der Waals surface area contributed by atoms with E-state index in [9.17, 15) is 0 Å². The van der Waals surface area contributed by atoms with Gasteiger partial charge in [0, 0.05) is 6.42 Å². The zero-order valence-electron chi connectivity index (χ0n) is 4.83. The van der Waals surface area contributed by atoms with E-state index in [1.165, 1.54) is 0 Å². The summed E-state index contributed by atoms with van der Waals surface area (Å²) in [7, 11) is 0. The fraction of sp³-hybridized carbons (Fsp3) is 1.00. The fourth-order valence-electron chi connectivity index (χ4n) is 0.732. The molecule has 0 radical (unpaired) electrons. The van der Waals surface area contributed by atoms with Crippen LogP contribution in [0.4, 0.5) is 0 Å². The molecule has 1 saturated heterocycles. The van der Waals surface area contributed by atoms with Crippen LogP contribution in [0.3, 0.4) is 0 Å². The topological polar surface area (TPSA) is 49.7 Å². The first-order valence-corrected chi connectivity index (χ1v) is 3.25. The third kappa shape index (κ3) is 1.79. The summed E-state index contributed by atoms with van der Waals surface area (Å²) >= 11 is 5.57. The van der Waals surface area contributed by atoms with E-state index in [2.05, 4.69) is 4.74 Å². The lowest BCUT2D eigenvalue weighted by Gasteiger charge is -2.26. The summed E-state index contributed by atoms with van der Waals surface area (Å²) in [5.74, 6) is 0. The minimum absolute atomic E-state index is 0.134. The molecule has 1 rings (SSSR count). The van der Waals surface area contributed by atoms with Gasteiger partial charge in [0.05, 0.1) is 18.1 Å². The molecule has 0 bridgehead atoms. The number of ether oxygens (including phenoxy) is 1. The van der Waals surface area contributed by atoms with Crippen LogP contribution in [-0.2, 0) is 4.74 Å². The Labute approximate surface area is 58.2 Å². The molecule has 0 aromatic carbocycles. The largest absolute Gasteiger partial charge is 0.389 e. The highest BCUT2D eigenvalue weighted by Crippen LogP contribution is 2.17. The van der Waals surface area contributed by atoms with Gasteiger partial charge in [-0.1, -0.05) is 0 Å². The molecule has 4 heteroatoms. The van der Waals surface area contributed by atoms with Crippen molar-refractivity contribution < 1.29 is 14.9 Å². The van der Waals surface area contributed by atoms with Gasteiger partial charge >= 0.3 is 0 Å². The Morgan fingerprint density at radius 1 is 1.44 bits per heavy atom. The van der Waals surface area contributed by atoms with Crippen molar-refractivity contribution in [1.29, 1.82) is 0 Å². The molecule has 3 atom stereocenters. The lowest BCUT2D eigenvalue weighted by atomic mass is 10.1. The summed E-state index contributed by atoms with van der Waals surface area (Å²) in [6.45, 7) is 0.134. The van der Waals surface area contributed by atoms with E-state index in [1.807, 2.05) is 0 Å². The van der Waals surface area contributed by atoms with Gasteiger partial charge in [-0.05, 0) is 0 Å². The van der Waals surface area contributed by atoms with Crippen LogP contribution in [0.15, 0.2) is 0 Å². The van der Waals surface area contributed by atoms with Crippen molar-refractivity contribution in [3.05, 3.63) is 0 Å². The van der Waals surface area contributed by atoms with Gasteiger partial charge in [0.2, 0.25) is 0 Å². The first-order valence-electron chi connectivity index (χ1n) is 2.82. The Morgan fingerprint density at radius 3 is 2.56 bits per heavy atom. The molecule has 0 aromatic rings. The highest BCUT2D eigenvalue weighted by molar-refractivity contribution is 6.21. The second kappa shape index (κ2) is 2.84. The molecule has 1 aliphatic heterocycles. The van der Waals surface area contributed by atoms with E-state index >= 15 is 0 Å². The first-order chi connectivity index (χ1) is 4.20. The predicted octanol–water partition coefficient (Wildman–Crippen LogP) is -0.307. The SMILES string of the molecule is O[C@H]1C[C@H](Cl)[C@@H](O)CO1. The molecule has 3 nitrogen and oxygen atoms in total. The lowest BCUT2D eigenvalue weighted by molar-refractivity contribution is -0.153. The maximum atomic E-state index is 8.93. The van der Waals surface area contributed by atoms with Crippen LogP contribution in [0.5, 0.6) is 0 Å². The minimum Gasteiger partial charge on any atom is -0.389 e. The van der Waals surface area contributed by atoms with Crippen LogP contribution in [-0.4, -0.2) is 34.6 Å². The van der Waals surface area contributed by atoms with Gasteiger partial charge < -0.3 is 14.9 Å². The Bertz CT molecular complexity index is 98.2. The Kier molecular flexibility index (Phi) is 2.29. The summed E-state index contributed by atoms with van der Waals surface area (Å²) in [5.41, 5.74) is 0. The molecule has 9 heavy (non-hydrogen) atoms. The van der Waals surface area contributed by atoms with Gasteiger partial charge in [-0.15, -0.1) is 11.6 Å². The zero-order chi connectivity index (χ0) is 6.85. The standard InChI is InChI=1S/C5H9ClO3/c6-3-1-5(8)9-2-4(3)7/h3-5,7-8H,1-2H2/t3-,4-,5+/m0/s1. The molecule has 2 N–H and O–H groups in total. The van der Waals surface area contributed by atoms with E-state index in [-0.39, 0.29) is 12.0 Å². The number of halogens is 1. The van der Waals surface area contributed by atoms with Crippen molar-refractivity contribution in [2.75, 3.05) is 6.61 Å². The number of rotatable bonds is 0. The quantitative estimate of drug-likeness (QED) is 0.469. The number of aliphatic hydroxyl groups is 2. The van der Waals surface area contributed by atoms with E-state index in [1.54, 1.807) is 0 Å². The molecule has 0 aliphatic carbocycles. The number of hydrogen-bond acceptors (Lipinski definition) is 3. The molecule has 0 unspecified atom stereocenters. The Morgan fingerprint density at radius 2 is 2.11 bits per heavy atom. The monoisotopic (exact) mass is 152 g/mol. The average molecular weight is 153 g/mol. The summed E-state index contributed by atoms with van der Waals surface area (Å²) in [6.07, 6.45) is -1.12. The number of alkyl halides is 1. The van der Waals surface area contributed by atoms with Crippen LogP contribution in [0.2, 0.25) is 0 Å². The van der Waals surface area contributed by atoms with Crippen molar-refractivity contribution in [2.45, 2.75) is 24.2 Å². The molecule has 54 valence electrons. The fourth-order valence-corrected chi connectivity index (χ4v) is 0.957. The Hall–Kier alpha value is 0.170. The van der Waals surface area contributed by atoms with E-state index in [4.69, 9.17) is 21.8 Å². The summed E-state index contributed by atoms with van der Waals surface area (Å²) in [6, 6.07) is 0. The van der Waals surface area contributed by atoms with Crippen molar-refractivity contribution in [2.24, 2.45) is 0 Å². The van der Waals surface area contributed by atoms with Crippen LogP contribution in [0, 0.1) is 0 Å². The van der Waals surface area contributed by atoms with Crippen LogP contribution < -0.4 is 0 Å². The van der Waals surface area contributed by atoms with Crippen molar-refractivity contribution in [3.8, 4) is 0 Å². The zero-order valence-corrected chi connectivity index (χ0v) is 5.58. The molecular weight excluding hydrogens is 144 g/mol. The second-order valence-electron chi connectivity index (χ2n) is 2.11. The highest BCUT2D eigenvalue weighted by Gasteiger charge is 2.26. The van der Waals surface area contributed by atoms with Gasteiger partial charge in [-0.2, -0.15) is 0 Å². The maximum absolute atomic E-state index is 8.93. The molecule has 1 heterocycles. The highest BCUT2D eigenvalue weighted by atomic mass is 35.5. The van der Waals surface area contributed by atoms with Gasteiger partial charge in [-0.25, -0.2) is 0 Å². The van der Waals surface area contributed by atoms with Gasteiger partial charge in [-0.3, -0.25) is 0 Å². The number of aliphatic hydroxyl groups excluding tert-OH is 2. The smallest absolute Gasteiger partial charge is 0.156 e. The minimum atomic E-state index is -0.795. The molecule has 0 aromatic heterocycles. The summed E-state index contributed by atoms with van der Waals surface area (Å²) in [4.78, 5) is 0. The summed E-state index contributed by atoms with van der Waals surface area (Å²) in [5, 5.41) is 17.3. The molecule has 0 amide bonds. The average Bonchev–Trinajstić information content (AvgIpc) is 1.80. The predicted molar refractivity (Wildman–Crippen MR) is 32.2 cm³/mol. The summed E-state index contributed by atoms with van der Waals surface area (Å²) < 4.78 is 4.68. The molecule has 0 spiro atoms. The van der Waals surface area contributed by atoms with Crippen molar-refractivity contribution >= 4 is 11.6 Å². The first kappa shape index (κ1) is 7.28. The molecule has 1 aliphatic rings. The van der Waals surface area contributed by atoms with E-state index in [0.717, 1.165) is 0 Å². The third-order valence-corrected chi connectivity index (χ3v) is 1.77. The van der Waals surface area contributed by atoms with E-state index in [0.29, 0.717) is 6.42 Å². The van der Waals surface area contributed by atoms with E-state index < -0.39 is 12.4 Å². The van der Waals surface area contributed by atoms with Crippen LogP contribution >= 0.6 is 11.6 Å². The lowest BCUT2D eigenvalue weighted by Crippen LogP contribution is -2.37. The van der Waals surface area contributed by atoms with Crippen molar-refractivity contribution in [1.82, 2.24) is 0 Å². The number of hydrogen-bond donors (Lipinski definition) is 2. The molecular formula is C5H9ClO3. The molecule has 1 fully saturated rings. The Balaban J connectivity index is 2.35. The second-order valence-corrected chi connectivity index (χ2v) is 2.67. The third-order valence-electron chi connectivity index (χ3n) is 1.30.